The third-order valence-electron chi connectivity index (χ3n) is 5.79. The molecule has 1 N–H and O–H groups in total. The standard InChI is InChI=1S/C17H34N2O/c1-6-17(7-2)12-19(16(10-18-17)13(3)4)11-15-8-9-20-14(15)5/h13-16,18H,6-12H2,1-5H3. The van der Waals surface area contributed by atoms with Crippen LogP contribution in [0.3, 0.4) is 0 Å². The third-order valence-corrected chi connectivity index (χ3v) is 5.79. The SMILES string of the molecule is CCC1(CC)CN(CC2CCOC2C)C(C(C)C)CN1. The van der Waals surface area contributed by atoms with Gasteiger partial charge in [-0.3, -0.25) is 4.90 Å². The summed E-state index contributed by atoms with van der Waals surface area (Å²) in [6.45, 7) is 16.1. The zero-order valence-corrected chi connectivity index (χ0v) is 14.1. The van der Waals surface area contributed by atoms with Gasteiger partial charge in [0.25, 0.3) is 0 Å². The van der Waals surface area contributed by atoms with Crippen LogP contribution in [-0.4, -0.2) is 48.8 Å². The van der Waals surface area contributed by atoms with Crippen molar-refractivity contribution >= 4 is 0 Å². The molecule has 118 valence electrons. The lowest BCUT2D eigenvalue weighted by atomic mass is 9.85. The molecule has 20 heavy (non-hydrogen) atoms. The Balaban J connectivity index is 2.06. The van der Waals surface area contributed by atoms with Gasteiger partial charge in [0.15, 0.2) is 0 Å². The normalized spacial score (nSPS) is 34.8. The lowest BCUT2D eigenvalue weighted by molar-refractivity contribution is 0.0246. The highest BCUT2D eigenvalue weighted by atomic mass is 16.5. The zero-order chi connectivity index (χ0) is 14.8. The quantitative estimate of drug-likeness (QED) is 0.839. The molecule has 0 aromatic carbocycles. The van der Waals surface area contributed by atoms with Gasteiger partial charge in [0.2, 0.25) is 0 Å². The first-order chi connectivity index (χ1) is 9.51. The van der Waals surface area contributed by atoms with E-state index in [1.54, 1.807) is 0 Å². The van der Waals surface area contributed by atoms with Crippen molar-refractivity contribution < 1.29 is 4.74 Å². The van der Waals surface area contributed by atoms with Gasteiger partial charge in [0.05, 0.1) is 6.10 Å². The number of hydrogen-bond donors (Lipinski definition) is 1. The maximum absolute atomic E-state index is 5.77. The van der Waals surface area contributed by atoms with Gasteiger partial charge in [0, 0.05) is 37.8 Å². The van der Waals surface area contributed by atoms with Crippen molar-refractivity contribution in [2.75, 3.05) is 26.2 Å². The molecule has 0 aromatic heterocycles. The van der Waals surface area contributed by atoms with Crippen LogP contribution in [0.1, 0.15) is 53.9 Å². The van der Waals surface area contributed by atoms with Crippen molar-refractivity contribution in [3.63, 3.8) is 0 Å². The lowest BCUT2D eigenvalue weighted by Gasteiger charge is -2.49. The highest BCUT2D eigenvalue weighted by molar-refractivity contribution is 4.98. The van der Waals surface area contributed by atoms with Crippen molar-refractivity contribution in [1.29, 1.82) is 0 Å². The Morgan fingerprint density at radius 3 is 2.50 bits per heavy atom. The van der Waals surface area contributed by atoms with Crippen LogP contribution in [0, 0.1) is 11.8 Å². The zero-order valence-electron chi connectivity index (χ0n) is 14.1. The van der Waals surface area contributed by atoms with E-state index >= 15 is 0 Å². The smallest absolute Gasteiger partial charge is 0.0588 e. The average molecular weight is 282 g/mol. The van der Waals surface area contributed by atoms with Gasteiger partial charge in [0.1, 0.15) is 0 Å². The van der Waals surface area contributed by atoms with E-state index in [0.29, 0.717) is 23.6 Å². The lowest BCUT2D eigenvalue weighted by Crippen LogP contribution is -2.65. The maximum Gasteiger partial charge on any atom is 0.0588 e. The van der Waals surface area contributed by atoms with Crippen LogP contribution < -0.4 is 5.32 Å². The van der Waals surface area contributed by atoms with Crippen LogP contribution in [0.4, 0.5) is 0 Å². The minimum atomic E-state index is 0.327. The first-order valence-electron chi connectivity index (χ1n) is 8.62. The molecule has 3 nitrogen and oxygen atoms in total. The second kappa shape index (κ2) is 6.76. The van der Waals surface area contributed by atoms with Crippen molar-refractivity contribution in [3.05, 3.63) is 0 Å². The fourth-order valence-electron chi connectivity index (χ4n) is 3.91. The fraction of sp³-hybridized carbons (Fsp3) is 1.00. The van der Waals surface area contributed by atoms with Crippen LogP contribution in [0.15, 0.2) is 0 Å². The van der Waals surface area contributed by atoms with Gasteiger partial charge in [-0.15, -0.1) is 0 Å². The fourth-order valence-corrected chi connectivity index (χ4v) is 3.91. The van der Waals surface area contributed by atoms with Gasteiger partial charge >= 0.3 is 0 Å². The second-order valence-electron chi connectivity index (χ2n) is 7.23. The highest BCUT2D eigenvalue weighted by Gasteiger charge is 2.39. The molecular formula is C17H34N2O. The molecule has 2 heterocycles. The van der Waals surface area contributed by atoms with E-state index in [1.165, 1.54) is 32.4 Å². The van der Waals surface area contributed by atoms with Crippen LogP contribution in [-0.2, 0) is 4.74 Å². The van der Waals surface area contributed by atoms with E-state index in [9.17, 15) is 0 Å². The van der Waals surface area contributed by atoms with Gasteiger partial charge < -0.3 is 10.1 Å². The minimum Gasteiger partial charge on any atom is -0.378 e. The summed E-state index contributed by atoms with van der Waals surface area (Å²) in [5.74, 6) is 1.44. The van der Waals surface area contributed by atoms with Crippen molar-refractivity contribution in [1.82, 2.24) is 10.2 Å². The average Bonchev–Trinajstić information content (AvgIpc) is 2.84. The van der Waals surface area contributed by atoms with E-state index < -0.39 is 0 Å². The molecule has 2 rings (SSSR count). The van der Waals surface area contributed by atoms with E-state index in [-0.39, 0.29) is 0 Å². The summed E-state index contributed by atoms with van der Waals surface area (Å²) in [6.07, 6.45) is 4.12. The Labute approximate surface area is 125 Å². The molecule has 0 aromatic rings. The molecule has 3 atom stereocenters. The highest BCUT2D eigenvalue weighted by Crippen LogP contribution is 2.29. The summed E-state index contributed by atoms with van der Waals surface area (Å²) >= 11 is 0. The first kappa shape index (κ1) is 16.3. The number of nitrogens with one attached hydrogen (secondary N) is 1. The number of nitrogens with zero attached hydrogens (tertiary/aromatic N) is 1. The summed E-state index contributed by atoms with van der Waals surface area (Å²) < 4.78 is 5.77. The molecule has 0 aliphatic carbocycles. The predicted octanol–water partition coefficient (Wildman–Crippen LogP) is 2.90. The van der Waals surface area contributed by atoms with E-state index in [2.05, 4.69) is 44.8 Å². The van der Waals surface area contributed by atoms with Crippen LogP contribution in [0.5, 0.6) is 0 Å². The van der Waals surface area contributed by atoms with Crippen LogP contribution in [0.25, 0.3) is 0 Å². The monoisotopic (exact) mass is 282 g/mol. The largest absolute Gasteiger partial charge is 0.378 e. The summed E-state index contributed by atoms with van der Waals surface area (Å²) in [6, 6.07) is 0.675. The van der Waals surface area contributed by atoms with Crippen LogP contribution >= 0.6 is 0 Å². The minimum absolute atomic E-state index is 0.327. The van der Waals surface area contributed by atoms with Crippen molar-refractivity contribution in [2.45, 2.75) is 71.6 Å². The molecule has 0 amide bonds. The Morgan fingerprint density at radius 1 is 1.30 bits per heavy atom. The number of hydrogen-bond acceptors (Lipinski definition) is 3. The Morgan fingerprint density at radius 2 is 2.00 bits per heavy atom. The van der Waals surface area contributed by atoms with E-state index in [1.807, 2.05) is 0 Å². The second-order valence-corrected chi connectivity index (χ2v) is 7.23. The first-order valence-corrected chi connectivity index (χ1v) is 8.62. The summed E-state index contributed by atoms with van der Waals surface area (Å²) in [5.41, 5.74) is 0.327. The van der Waals surface area contributed by atoms with Gasteiger partial charge in [-0.2, -0.15) is 0 Å². The molecule has 0 spiro atoms. The van der Waals surface area contributed by atoms with Crippen molar-refractivity contribution in [3.8, 4) is 0 Å². The van der Waals surface area contributed by atoms with Crippen molar-refractivity contribution in [2.24, 2.45) is 11.8 Å². The Kier molecular flexibility index (Phi) is 5.49. The predicted molar refractivity (Wildman–Crippen MR) is 85.0 cm³/mol. The molecule has 0 saturated carbocycles. The van der Waals surface area contributed by atoms with Crippen LogP contribution in [0.2, 0.25) is 0 Å². The number of piperazine rings is 1. The topological polar surface area (TPSA) is 24.5 Å². The molecule has 0 radical (unpaired) electrons. The number of ether oxygens (including phenoxy) is 1. The number of rotatable bonds is 5. The molecule has 0 bridgehead atoms. The maximum atomic E-state index is 5.77. The Hall–Kier alpha value is -0.120. The molecular weight excluding hydrogens is 248 g/mol. The van der Waals surface area contributed by atoms with Gasteiger partial charge in [-0.1, -0.05) is 27.7 Å². The molecule has 3 heteroatoms. The van der Waals surface area contributed by atoms with Gasteiger partial charge in [-0.25, -0.2) is 0 Å². The van der Waals surface area contributed by atoms with E-state index in [4.69, 9.17) is 4.74 Å². The molecule has 3 unspecified atom stereocenters. The van der Waals surface area contributed by atoms with E-state index in [0.717, 1.165) is 19.1 Å². The molecule has 2 fully saturated rings. The molecule has 2 aliphatic rings. The molecule has 2 aliphatic heterocycles. The Bertz CT molecular complexity index is 301. The molecule has 2 saturated heterocycles. The van der Waals surface area contributed by atoms with Gasteiger partial charge in [-0.05, 0) is 38.0 Å². The summed E-state index contributed by atoms with van der Waals surface area (Å²) in [4.78, 5) is 2.77. The summed E-state index contributed by atoms with van der Waals surface area (Å²) in [5, 5.41) is 3.86. The summed E-state index contributed by atoms with van der Waals surface area (Å²) in [7, 11) is 0. The third kappa shape index (κ3) is 3.37.